The third-order valence-corrected chi connectivity index (χ3v) is 4.43. The summed E-state index contributed by atoms with van der Waals surface area (Å²) in [6, 6.07) is 0. The van der Waals surface area contributed by atoms with Crippen molar-refractivity contribution < 1.29 is 4.74 Å². The van der Waals surface area contributed by atoms with E-state index in [-0.39, 0.29) is 0 Å². The molecular formula is C13H21N3OS. The van der Waals surface area contributed by atoms with Gasteiger partial charge in [0.15, 0.2) is 0 Å². The maximum Gasteiger partial charge on any atom is 0.133 e. The van der Waals surface area contributed by atoms with E-state index in [0.717, 1.165) is 49.9 Å². The summed E-state index contributed by atoms with van der Waals surface area (Å²) in [5.41, 5.74) is 1.25. The van der Waals surface area contributed by atoms with E-state index in [9.17, 15) is 0 Å². The molecule has 0 bridgehead atoms. The van der Waals surface area contributed by atoms with E-state index in [0.29, 0.717) is 5.25 Å². The number of rotatable bonds is 5. The number of hydrogen-bond donors (Lipinski definition) is 1. The second-order valence-electron chi connectivity index (χ2n) is 4.32. The molecular weight excluding hydrogens is 246 g/mol. The van der Waals surface area contributed by atoms with Gasteiger partial charge in [0.25, 0.3) is 0 Å². The van der Waals surface area contributed by atoms with Crippen LogP contribution in [-0.4, -0.2) is 35.0 Å². The fraction of sp³-hybridized carbons (Fsp3) is 0.692. The van der Waals surface area contributed by atoms with Gasteiger partial charge in [0, 0.05) is 30.6 Å². The summed E-state index contributed by atoms with van der Waals surface area (Å²) in [4.78, 5) is 8.79. The second kappa shape index (κ2) is 6.95. The summed E-state index contributed by atoms with van der Waals surface area (Å²) >= 11 is 1.88. The van der Waals surface area contributed by atoms with E-state index in [1.807, 2.05) is 11.8 Å². The van der Waals surface area contributed by atoms with Crippen LogP contribution in [0.1, 0.15) is 32.3 Å². The zero-order valence-electron chi connectivity index (χ0n) is 11.1. The van der Waals surface area contributed by atoms with Crippen molar-refractivity contribution in [2.45, 2.75) is 43.4 Å². The van der Waals surface area contributed by atoms with Crippen molar-refractivity contribution in [2.75, 3.05) is 25.1 Å². The van der Waals surface area contributed by atoms with Crippen molar-refractivity contribution in [1.29, 1.82) is 0 Å². The average Bonchev–Trinajstić information content (AvgIpc) is 2.41. The molecule has 1 fully saturated rings. The highest BCUT2D eigenvalue weighted by Crippen LogP contribution is 2.32. The van der Waals surface area contributed by atoms with Crippen LogP contribution >= 0.6 is 11.8 Å². The second-order valence-corrected chi connectivity index (χ2v) is 5.61. The fourth-order valence-corrected chi connectivity index (χ4v) is 3.32. The first kappa shape index (κ1) is 13.6. The molecule has 2 heterocycles. The van der Waals surface area contributed by atoms with Crippen LogP contribution in [-0.2, 0) is 11.2 Å². The Morgan fingerprint density at radius 3 is 2.78 bits per heavy atom. The van der Waals surface area contributed by atoms with Crippen molar-refractivity contribution in [3.8, 4) is 0 Å². The Morgan fingerprint density at radius 1 is 1.33 bits per heavy atom. The molecule has 1 aliphatic rings. The number of nitrogens with one attached hydrogen (secondary N) is 1. The van der Waals surface area contributed by atoms with Crippen molar-refractivity contribution in [1.82, 2.24) is 9.97 Å². The molecule has 1 saturated heterocycles. The average molecular weight is 267 g/mol. The summed E-state index contributed by atoms with van der Waals surface area (Å²) in [6.07, 6.45) is 4.87. The monoisotopic (exact) mass is 267 g/mol. The van der Waals surface area contributed by atoms with Crippen LogP contribution in [0.2, 0.25) is 0 Å². The van der Waals surface area contributed by atoms with E-state index in [1.165, 1.54) is 5.56 Å². The molecule has 0 amide bonds. The summed E-state index contributed by atoms with van der Waals surface area (Å²) in [5.74, 6) is 0.990. The number of hydrogen-bond acceptors (Lipinski definition) is 5. The van der Waals surface area contributed by atoms with Gasteiger partial charge in [0.1, 0.15) is 17.2 Å². The lowest BCUT2D eigenvalue weighted by Crippen LogP contribution is -2.18. The van der Waals surface area contributed by atoms with Gasteiger partial charge < -0.3 is 10.1 Å². The molecule has 1 aliphatic heterocycles. The summed E-state index contributed by atoms with van der Waals surface area (Å²) in [5, 5.41) is 5.08. The van der Waals surface area contributed by atoms with Gasteiger partial charge in [-0.15, -0.1) is 11.8 Å². The molecule has 0 saturated carbocycles. The lowest BCUT2D eigenvalue weighted by atomic mass is 10.2. The molecule has 2 rings (SSSR count). The highest BCUT2D eigenvalue weighted by atomic mass is 32.2. The van der Waals surface area contributed by atoms with E-state index in [2.05, 4.69) is 29.1 Å². The molecule has 1 aromatic rings. The van der Waals surface area contributed by atoms with Gasteiger partial charge in [-0.3, -0.25) is 0 Å². The number of nitrogens with zero attached hydrogens (tertiary/aromatic N) is 2. The smallest absolute Gasteiger partial charge is 0.133 e. The van der Waals surface area contributed by atoms with Crippen LogP contribution in [0.3, 0.4) is 0 Å². The first-order valence-electron chi connectivity index (χ1n) is 6.67. The van der Waals surface area contributed by atoms with Crippen LogP contribution in [0.25, 0.3) is 0 Å². The topological polar surface area (TPSA) is 47.0 Å². The molecule has 100 valence electrons. The van der Waals surface area contributed by atoms with Gasteiger partial charge >= 0.3 is 0 Å². The zero-order valence-corrected chi connectivity index (χ0v) is 11.9. The number of thioether (sulfide) groups is 1. The zero-order chi connectivity index (χ0) is 12.8. The summed E-state index contributed by atoms with van der Waals surface area (Å²) < 4.78 is 5.40. The molecule has 4 nitrogen and oxygen atoms in total. The Kier molecular flexibility index (Phi) is 5.26. The highest BCUT2D eigenvalue weighted by molar-refractivity contribution is 7.99. The standard InChI is InChI=1S/C13H21N3OS/c1-3-11-12(14-4-2)15-9-16-13(11)18-10-5-7-17-8-6-10/h9-10H,3-8H2,1-2H3,(H,14,15,16). The molecule has 0 spiro atoms. The van der Waals surface area contributed by atoms with Gasteiger partial charge in [-0.1, -0.05) is 6.92 Å². The van der Waals surface area contributed by atoms with Gasteiger partial charge in [-0.25, -0.2) is 9.97 Å². The Bertz CT molecular complexity index is 380. The molecule has 5 heteroatoms. The maximum atomic E-state index is 5.40. The predicted octanol–water partition coefficient (Wildman–Crippen LogP) is 2.74. The van der Waals surface area contributed by atoms with Crippen molar-refractivity contribution >= 4 is 17.6 Å². The minimum Gasteiger partial charge on any atom is -0.381 e. The molecule has 1 aromatic heterocycles. The summed E-state index contributed by atoms with van der Waals surface area (Å²) in [6.45, 7) is 6.90. The Labute approximate surface area is 113 Å². The normalized spacial score (nSPS) is 16.8. The van der Waals surface area contributed by atoms with Crippen LogP contribution in [0.15, 0.2) is 11.4 Å². The van der Waals surface area contributed by atoms with Crippen LogP contribution in [0.4, 0.5) is 5.82 Å². The van der Waals surface area contributed by atoms with E-state index < -0.39 is 0 Å². The van der Waals surface area contributed by atoms with Crippen molar-refractivity contribution in [3.63, 3.8) is 0 Å². The lowest BCUT2D eigenvalue weighted by Gasteiger charge is -2.22. The molecule has 0 aromatic carbocycles. The lowest BCUT2D eigenvalue weighted by molar-refractivity contribution is 0.1000. The van der Waals surface area contributed by atoms with E-state index >= 15 is 0 Å². The third kappa shape index (κ3) is 3.36. The minimum absolute atomic E-state index is 0.633. The van der Waals surface area contributed by atoms with Gasteiger partial charge in [-0.05, 0) is 26.2 Å². The summed E-state index contributed by atoms with van der Waals surface area (Å²) in [7, 11) is 0. The molecule has 0 radical (unpaired) electrons. The van der Waals surface area contributed by atoms with Crippen LogP contribution in [0, 0.1) is 0 Å². The van der Waals surface area contributed by atoms with Crippen LogP contribution in [0.5, 0.6) is 0 Å². The van der Waals surface area contributed by atoms with Crippen molar-refractivity contribution in [2.24, 2.45) is 0 Å². The number of ether oxygens (including phenoxy) is 1. The predicted molar refractivity (Wildman–Crippen MR) is 75.3 cm³/mol. The van der Waals surface area contributed by atoms with E-state index in [1.54, 1.807) is 6.33 Å². The molecule has 0 atom stereocenters. The maximum absolute atomic E-state index is 5.40. The minimum atomic E-state index is 0.633. The Morgan fingerprint density at radius 2 is 2.11 bits per heavy atom. The molecule has 18 heavy (non-hydrogen) atoms. The van der Waals surface area contributed by atoms with Crippen LogP contribution < -0.4 is 5.32 Å². The largest absolute Gasteiger partial charge is 0.381 e. The van der Waals surface area contributed by atoms with E-state index in [4.69, 9.17) is 4.74 Å². The molecule has 0 unspecified atom stereocenters. The molecule has 1 N–H and O–H groups in total. The van der Waals surface area contributed by atoms with Crippen molar-refractivity contribution in [3.05, 3.63) is 11.9 Å². The first-order valence-corrected chi connectivity index (χ1v) is 7.55. The molecule has 0 aliphatic carbocycles. The highest BCUT2D eigenvalue weighted by Gasteiger charge is 2.18. The SMILES string of the molecule is CCNc1ncnc(SC2CCOCC2)c1CC. The van der Waals surface area contributed by atoms with Gasteiger partial charge in [0.2, 0.25) is 0 Å². The third-order valence-electron chi connectivity index (χ3n) is 3.05. The quantitative estimate of drug-likeness (QED) is 0.831. The number of aromatic nitrogens is 2. The number of anilines is 1. The Balaban J connectivity index is 2.12. The fourth-order valence-electron chi connectivity index (χ4n) is 2.09. The van der Waals surface area contributed by atoms with Gasteiger partial charge in [0.05, 0.1) is 0 Å². The first-order chi connectivity index (χ1) is 8.85. The van der Waals surface area contributed by atoms with Gasteiger partial charge in [-0.2, -0.15) is 0 Å². The Hall–Kier alpha value is -0.810.